The fourth-order valence-corrected chi connectivity index (χ4v) is 4.26. The third-order valence-corrected chi connectivity index (χ3v) is 5.59. The van der Waals surface area contributed by atoms with E-state index in [1.54, 1.807) is 24.0 Å². The lowest BCUT2D eigenvalue weighted by molar-refractivity contribution is -0.0629. The van der Waals surface area contributed by atoms with Crippen molar-refractivity contribution in [1.82, 2.24) is 10.2 Å². The Morgan fingerprint density at radius 1 is 1.17 bits per heavy atom. The van der Waals surface area contributed by atoms with Crippen LogP contribution in [-0.4, -0.2) is 55.7 Å². The van der Waals surface area contributed by atoms with Gasteiger partial charge in [-0.2, -0.15) is 0 Å². The van der Waals surface area contributed by atoms with E-state index < -0.39 is 0 Å². The largest absolute Gasteiger partial charge is 0.497 e. The third-order valence-electron chi connectivity index (χ3n) is 4.84. The maximum Gasteiger partial charge on any atom is 0.208 e. The van der Waals surface area contributed by atoms with Gasteiger partial charge in [-0.15, -0.1) is 10.2 Å². The van der Waals surface area contributed by atoms with E-state index in [9.17, 15) is 0 Å². The van der Waals surface area contributed by atoms with Gasteiger partial charge < -0.3 is 19.3 Å². The van der Waals surface area contributed by atoms with Gasteiger partial charge in [-0.3, -0.25) is 0 Å². The Morgan fingerprint density at radius 2 is 2.00 bits per heavy atom. The van der Waals surface area contributed by atoms with Crippen LogP contribution in [0.3, 0.4) is 0 Å². The summed E-state index contributed by atoms with van der Waals surface area (Å²) in [6, 6.07) is 8.30. The van der Waals surface area contributed by atoms with E-state index in [1.165, 1.54) is 5.69 Å². The van der Waals surface area contributed by atoms with Gasteiger partial charge in [-0.25, -0.2) is 0 Å². The molecule has 1 spiro atoms. The van der Waals surface area contributed by atoms with Gasteiger partial charge in [0.05, 0.1) is 20.3 Å². The molecule has 0 aliphatic carbocycles. The molecule has 0 saturated carbocycles. The van der Waals surface area contributed by atoms with Crippen LogP contribution in [0.5, 0.6) is 5.75 Å². The van der Waals surface area contributed by atoms with E-state index >= 15 is 0 Å². The van der Waals surface area contributed by atoms with Crippen LogP contribution in [0.15, 0.2) is 29.8 Å². The number of hydrogen-bond donors (Lipinski definition) is 0. The molecular formula is C17H22N4O2S. The Balaban J connectivity index is 1.50. The molecule has 0 bridgehead atoms. The van der Waals surface area contributed by atoms with Crippen molar-refractivity contribution < 1.29 is 9.47 Å². The number of ether oxygens (including phenoxy) is 2. The summed E-state index contributed by atoms with van der Waals surface area (Å²) >= 11 is 1.60. The molecule has 0 N–H and O–H groups in total. The lowest BCUT2D eigenvalue weighted by Gasteiger charge is -2.48. The van der Waals surface area contributed by atoms with Crippen molar-refractivity contribution in [2.45, 2.75) is 18.4 Å². The number of nitrogens with zero attached hydrogens (tertiary/aromatic N) is 4. The summed E-state index contributed by atoms with van der Waals surface area (Å²) in [5.41, 5.74) is 2.90. The first-order chi connectivity index (χ1) is 11.8. The Hall–Kier alpha value is -1.86. The first kappa shape index (κ1) is 15.7. The van der Waals surface area contributed by atoms with Crippen molar-refractivity contribution in [2.24, 2.45) is 0 Å². The second-order valence-corrected chi connectivity index (χ2v) is 7.21. The molecule has 7 heteroatoms. The van der Waals surface area contributed by atoms with E-state index in [0.29, 0.717) is 0 Å². The van der Waals surface area contributed by atoms with Crippen molar-refractivity contribution in [1.29, 1.82) is 0 Å². The molecule has 2 aromatic rings. The van der Waals surface area contributed by atoms with Crippen molar-refractivity contribution in [3.63, 3.8) is 0 Å². The molecule has 2 saturated heterocycles. The fourth-order valence-electron chi connectivity index (χ4n) is 3.67. The number of hydrogen-bond acceptors (Lipinski definition) is 7. The van der Waals surface area contributed by atoms with Gasteiger partial charge in [0.2, 0.25) is 5.13 Å². The zero-order valence-corrected chi connectivity index (χ0v) is 14.7. The molecule has 0 amide bonds. The zero-order valence-electron chi connectivity index (χ0n) is 13.9. The number of rotatable bonds is 3. The molecule has 2 aliphatic heterocycles. The van der Waals surface area contributed by atoms with Crippen molar-refractivity contribution in [2.75, 3.05) is 49.7 Å². The summed E-state index contributed by atoms with van der Waals surface area (Å²) < 4.78 is 11.5. The number of anilines is 2. The lowest BCUT2D eigenvalue weighted by Crippen LogP contribution is -2.60. The molecule has 0 unspecified atom stereocenters. The van der Waals surface area contributed by atoms with E-state index in [4.69, 9.17) is 9.47 Å². The average Bonchev–Trinajstić information content (AvgIpc) is 3.17. The molecule has 1 aromatic carbocycles. The van der Waals surface area contributed by atoms with Gasteiger partial charge >= 0.3 is 0 Å². The number of benzene rings is 1. The first-order valence-corrected chi connectivity index (χ1v) is 9.20. The molecule has 0 radical (unpaired) electrons. The van der Waals surface area contributed by atoms with Crippen LogP contribution in [0.2, 0.25) is 0 Å². The molecule has 2 aliphatic rings. The monoisotopic (exact) mass is 346 g/mol. The van der Waals surface area contributed by atoms with E-state index in [0.717, 1.165) is 56.5 Å². The Labute approximate surface area is 146 Å². The van der Waals surface area contributed by atoms with Crippen molar-refractivity contribution in [3.8, 4) is 5.75 Å². The van der Waals surface area contributed by atoms with E-state index in [1.807, 2.05) is 12.1 Å². The van der Waals surface area contributed by atoms with Crippen LogP contribution >= 0.6 is 11.3 Å². The Kier molecular flexibility index (Phi) is 4.28. The van der Waals surface area contributed by atoms with Gasteiger partial charge in [0, 0.05) is 25.3 Å². The van der Waals surface area contributed by atoms with Crippen LogP contribution in [0, 0.1) is 0 Å². The van der Waals surface area contributed by atoms with Crippen LogP contribution in [-0.2, 0) is 4.74 Å². The predicted molar refractivity (Wildman–Crippen MR) is 95.2 cm³/mol. The minimum Gasteiger partial charge on any atom is -0.497 e. The quantitative estimate of drug-likeness (QED) is 0.851. The highest BCUT2D eigenvalue weighted by molar-refractivity contribution is 7.13. The molecule has 6 nitrogen and oxygen atoms in total. The molecular weight excluding hydrogens is 324 g/mol. The smallest absolute Gasteiger partial charge is 0.208 e. The minimum atomic E-state index is -0.123. The third kappa shape index (κ3) is 3.06. The lowest BCUT2D eigenvalue weighted by atomic mass is 9.90. The summed E-state index contributed by atoms with van der Waals surface area (Å²) in [5.74, 6) is 0.891. The van der Waals surface area contributed by atoms with Gasteiger partial charge in [0.25, 0.3) is 0 Å². The standard InChI is InChI=1S/C17H22N4O2S/c1-22-15-5-3-14(4-6-15)20-8-2-7-17(11-20)12-21(9-10-23-17)16-19-18-13-24-16/h3-6,13H,2,7-12H2,1H3/t17-/m1/s1. The second kappa shape index (κ2) is 6.57. The molecule has 3 heterocycles. The Bertz CT molecular complexity index is 660. The topological polar surface area (TPSA) is 50.7 Å². The molecule has 24 heavy (non-hydrogen) atoms. The highest BCUT2D eigenvalue weighted by atomic mass is 32.1. The van der Waals surface area contributed by atoms with Gasteiger partial charge in [-0.1, -0.05) is 11.3 Å². The summed E-state index contributed by atoms with van der Waals surface area (Å²) in [6.45, 7) is 4.50. The Morgan fingerprint density at radius 3 is 2.75 bits per heavy atom. The first-order valence-electron chi connectivity index (χ1n) is 8.32. The predicted octanol–water partition coefficient (Wildman–Crippen LogP) is 2.42. The molecule has 1 aromatic heterocycles. The van der Waals surface area contributed by atoms with Crippen LogP contribution in [0.4, 0.5) is 10.8 Å². The normalized spacial score (nSPS) is 24.4. The number of morpholine rings is 1. The fraction of sp³-hybridized carbons (Fsp3) is 0.529. The van der Waals surface area contributed by atoms with E-state index in [-0.39, 0.29) is 5.60 Å². The number of aromatic nitrogens is 2. The highest BCUT2D eigenvalue weighted by Crippen LogP contribution is 2.34. The maximum atomic E-state index is 6.28. The maximum absolute atomic E-state index is 6.28. The highest BCUT2D eigenvalue weighted by Gasteiger charge is 2.41. The molecule has 1 atom stereocenters. The number of methoxy groups -OCH3 is 1. The van der Waals surface area contributed by atoms with Gasteiger partial charge in [-0.05, 0) is 37.1 Å². The summed E-state index contributed by atoms with van der Waals surface area (Å²) in [4.78, 5) is 4.74. The summed E-state index contributed by atoms with van der Waals surface area (Å²) in [5, 5.41) is 9.20. The summed E-state index contributed by atoms with van der Waals surface area (Å²) in [7, 11) is 1.70. The molecule has 128 valence electrons. The van der Waals surface area contributed by atoms with Crippen LogP contribution in [0.1, 0.15) is 12.8 Å². The van der Waals surface area contributed by atoms with Crippen molar-refractivity contribution >= 4 is 22.2 Å². The zero-order chi connectivity index (χ0) is 16.4. The van der Waals surface area contributed by atoms with Crippen LogP contribution < -0.4 is 14.5 Å². The molecule has 4 rings (SSSR count). The minimum absolute atomic E-state index is 0.123. The van der Waals surface area contributed by atoms with Gasteiger partial charge in [0.1, 0.15) is 16.9 Å². The average molecular weight is 346 g/mol. The van der Waals surface area contributed by atoms with Crippen molar-refractivity contribution in [3.05, 3.63) is 29.8 Å². The van der Waals surface area contributed by atoms with E-state index in [2.05, 4.69) is 32.1 Å². The summed E-state index contributed by atoms with van der Waals surface area (Å²) in [6.07, 6.45) is 2.23. The molecule has 2 fully saturated rings. The number of piperidine rings is 1. The van der Waals surface area contributed by atoms with Crippen LogP contribution in [0.25, 0.3) is 0 Å². The SMILES string of the molecule is COc1ccc(N2CCC[C@@]3(C2)CN(c2nncs2)CCO3)cc1. The van der Waals surface area contributed by atoms with Gasteiger partial charge in [0.15, 0.2) is 0 Å². The second-order valence-electron chi connectivity index (χ2n) is 6.40.